The van der Waals surface area contributed by atoms with E-state index in [1.807, 2.05) is 6.92 Å². The normalized spacial score (nSPS) is 27.3. The average Bonchev–Trinajstić information content (AvgIpc) is 2.91. The lowest BCUT2D eigenvalue weighted by atomic mass is 9.84. The Labute approximate surface area is 171 Å². The highest BCUT2D eigenvalue weighted by Gasteiger charge is 2.52. The summed E-state index contributed by atoms with van der Waals surface area (Å²) >= 11 is 0. The number of carbonyl (C=O) groups excluding carboxylic acids is 3. The number of piperidine rings is 1. The summed E-state index contributed by atoms with van der Waals surface area (Å²) in [6.45, 7) is 7.23. The van der Waals surface area contributed by atoms with Gasteiger partial charge in [-0.2, -0.15) is 0 Å². The van der Waals surface area contributed by atoms with Crippen molar-refractivity contribution in [3.63, 3.8) is 0 Å². The van der Waals surface area contributed by atoms with Crippen LogP contribution in [-0.4, -0.2) is 47.3 Å². The predicted molar refractivity (Wildman–Crippen MR) is 107 cm³/mol. The van der Waals surface area contributed by atoms with E-state index in [9.17, 15) is 18.8 Å². The molecule has 1 N–H and O–H groups in total. The molecule has 0 spiro atoms. The molecule has 2 heterocycles. The molecule has 0 saturated carbocycles. The van der Waals surface area contributed by atoms with Crippen LogP contribution in [0.25, 0.3) is 0 Å². The Morgan fingerprint density at radius 2 is 1.79 bits per heavy atom. The van der Waals surface area contributed by atoms with Crippen molar-refractivity contribution in [2.24, 2.45) is 11.8 Å². The summed E-state index contributed by atoms with van der Waals surface area (Å²) in [5.41, 5.74) is -0.704. The molecule has 0 bridgehead atoms. The average molecular weight is 403 g/mol. The molecule has 158 valence electrons. The van der Waals surface area contributed by atoms with Crippen LogP contribution in [0.1, 0.15) is 52.0 Å². The molecule has 7 heteroatoms. The minimum atomic E-state index is -1.25. The molecule has 2 fully saturated rings. The number of unbranched alkanes of at least 4 members (excludes halogenated alkanes) is 1. The van der Waals surface area contributed by atoms with Gasteiger partial charge in [-0.05, 0) is 42.4 Å². The van der Waals surface area contributed by atoms with E-state index in [0.717, 1.165) is 17.7 Å². The van der Waals surface area contributed by atoms with E-state index >= 15 is 0 Å². The van der Waals surface area contributed by atoms with E-state index in [-0.39, 0.29) is 12.5 Å². The minimum Gasteiger partial charge on any atom is -0.341 e. The Kier molecular flexibility index (Phi) is 6.24. The van der Waals surface area contributed by atoms with Crippen LogP contribution in [0.2, 0.25) is 0 Å². The van der Waals surface area contributed by atoms with E-state index < -0.39 is 23.3 Å². The van der Waals surface area contributed by atoms with Gasteiger partial charge < -0.3 is 10.2 Å². The molecule has 1 aromatic rings. The fourth-order valence-corrected chi connectivity index (χ4v) is 4.56. The number of amides is 4. The third-order valence-electron chi connectivity index (χ3n) is 5.93. The number of hydrogen-bond donors (Lipinski definition) is 1. The SMILES string of the molecule is CCCC[C@@]1(c2ccc(F)cc2)NC(=O)N(CC(=O)N2C[C@H](C)C[C@H](C)C2)C1=O. The molecule has 2 saturated heterocycles. The Morgan fingerprint density at radius 1 is 1.17 bits per heavy atom. The first-order valence-corrected chi connectivity index (χ1v) is 10.4. The van der Waals surface area contributed by atoms with E-state index in [2.05, 4.69) is 19.2 Å². The van der Waals surface area contributed by atoms with Crippen LogP contribution >= 0.6 is 0 Å². The molecular weight excluding hydrogens is 373 g/mol. The molecule has 0 aliphatic carbocycles. The van der Waals surface area contributed by atoms with Crippen molar-refractivity contribution >= 4 is 17.8 Å². The maximum atomic E-state index is 13.4. The summed E-state index contributed by atoms with van der Waals surface area (Å²) in [7, 11) is 0. The summed E-state index contributed by atoms with van der Waals surface area (Å²) in [6, 6.07) is 5.06. The number of halogens is 1. The van der Waals surface area contributed by atoms with Crippen molar-refractivity contribution in [3.05, 3.63) is 35.6 Å². The Morgan fingerprint density at radius 3 is 2.38 bits per heavy atom. The third kappa shape index (κ3) is 4.28. The van der Waals surface area contributed by atoms with Gasteiger partial charge in [-0.15, -0.1) is 0 Å². The van der Waals surface area contributed by atoms with Crippen LogP contribution in [0.15, 0.2) is 24.3 Å². The fraction of sp³-hybridized carbons (Fsp3) is 0.591. The first kappa shape index (κ1) is 21.3. The number of likely N-dealkylation sites (tertiary alicyclic amines) is 1. The van der Waals surface area contributed by atoms with Gasteiger partial charge in [0.25, 0.3) is 5.91 Å². The number of urea groups is 1. The van der Waals surface area contributed by atoms with Gasteiger partial charge in [-0.1, -0.05) is 45.7 Å². The molecule has 4 amide bonds. The molecule has 29 heavy (non-hydrogen) atoms. The summed E-state index contributed by atoms with van der Waals surface area (Å²) in [4.78, 5) is 41.7. The zero-order valence-corrected chi connectivity index (χ0v) is 17.4. The first-order chi connectivity index (χ1) is 13.8. The lowest BCUT2D eigenvalue weighted by molar-refractivity contribution is -0.140. The van der Waals surface area contributed by atoms with Crippen LogP contribution in [0.4, 0.5) is 9.18 Å². The Bertz CT molecular complexity index is 772. The fourth-order valence-electron chi connectivity index (χ4n) is 4.56. The molecule has 3 atom stereocenters. The number of nitrogens with one attached hydrogen (secondary N) is 1. The Balaban J connectivity index is 1.82. The standard InChI is InChI=1S/C22H30FN3O3/c1-4-5-10-22(17-6-8-18(23)9-7-17)20(28)26(21(29)24-22)14-19(27)25-12-15(2)11-16(3)13-25/h6-9,15-16H,4-5,10-14H2,1-3H3,(H,24,29)/t15-,16+,22-/m0/s1. The van der Waals surface area contributed by atoms with Crippen molar-refractivity contribution in [2.75, 3.05) is 19.6 Å². The van der Waals surface area contributed by atoms with E-state index in [1.165, 1.54) is 24.3 Å². The topological polar surface area (TPSA) is 69.7 Å². The molecular formula is C22H30FN3O3. The van der Waals surface area contributed by atoms with Crippen molar-refractivity contribution < 1.29 is 18.8 Å². The van der Waals surface area contributed by atoms with Crippen LogP contribution in [0.5, 0.6) is 0 Å². The van der Waals surface area contributed by atoms with Crippen LogP contribution < -0.4 is 5.32 Å². The van der Waals surface area contributed by atoms with Gasteiger partial charge in [0.2, 0.25) is 5.91 Å². The maximum absolute atomic E-state index is 13.4. The van der Waals surface area contributed by atoms with Gasteiger partial charge in [-0.25, -0.2) is 9.18 Å². The van der Waals surface area contributed by atoms with Crippen LogP contribution in [-0.2, 0) is 15.1 Å². The number of carbonyl (C=O) groups is 3. The van der Waals surface area contributed by atoms with E-state index in [1.54, 1.807) is 4.90 Å². The second-order valence-electron chi connectivity index (χ2n) is 8.58. The molecule has 0 unspecified atom stereocenters. The molecule has 0 aromatic heterocycles. The van der Waals surface area contributed by atoms with Crippen LogP contribution in [0.3, 0.4) is 0 Å². The summed E-state index contributed by atoms with van der Waals surface area (Å²) < 4.78 is 13.4. The van der Waals surface area contributed by atoms with Gasteiger partial charge in [0.05, 0.1) is 0 Å². The maximum Gasteiger partial charge on any atom is 0.325 e. The van der Waals surface area contributed by atoms with Crippen molar-refractivity contribution in [1.29, 1.82) is 0 Å². The number of hydrogen-bond acceptors (Lipinski definition) is 3. The van der Waals surface area contributed by atoms with Crippen molar-refractivity contribution in [3.8, 4) is 0 Å². The highest BCUT2D eigenvalue weighted by molar-refractivity contribution is 6.09. The monoisotopic (exact) mass is 403 g/mol. The summed E-state index contributed by atoms with van der Waals surface area (Å²) in [5.74, 6) is -0.259. The minimum absolute atomic E-state index is 0.211. The highest BCUT2D eigenvalue weighted by atomic mass is 19.1. The van der Waals surface area contributed by atoms with Gasteiger partial charge >= 0.3 is 6.03 Å². The summed E-state index contributed by atoms with van der Waals surface area (Å²) in [5, 5.41) is 2.81. The summed E-state index contributed by atoms with van der Waals surface area (Å²) in [6.07, 6.45) is 3.03. The number of rotatable bonds is 6. The third-order valence-corrected chi connectivity index (χ3v) is 5.93. The largest absolute Gasteiger partial charge is 0.341 e. The number of nitrogens with zero attached hydrogens (tertiary/aromatic N) is 2. The van der Waals surface area contributed by atoms with Crippen molar-refractivity contribution in [2.45, 2.75) is 52.0 Å². The molecule has 2 aliphatic rings. The zero-order valence-electron chi connectivity index (χ0n) is 17.4. The molecule has 1 aromatic carbocycles. The van der Waals surface area contributed by atoms with Gasteiger partial charge in [0, 0.05) is 13.1 Å². The lowest BCUT2D eigenvalue weighted by Gasteiger charge is -2.35. The van der Waals surface area contributed by atoms with Crippen molar-refractivity contribution in [1.82, 2.24) is 15.1 Å². The smallest absolute Gasteiger partial charge is 0.325 e. The van der Waals surface area contributed by atoms with Crippen LogP contribution in [0, 0.1) is 17.7 Å². The molecule has 0 radical (unpaired) electrons. The molecule has 6 nitrogen and oxygen atoms in total. The molecule has 3 rings (SSSR count). The van der Waals surface area contributed by atoms with E-state index in [4.69, 9.17) is 0 Å². The second kappa shape index (κ2) is 8.51. The van der Waals surface area contributed by atoms with E-state index in [0.29, 0.717) is 43.3 Å². The number of imide groups is 1. The molecule has 2 aliphatic heterocycles. The highest BCUT2D eigenvalue weighted by Crippen LogP contribution is 2.34. The zero-order chi connectivity index (χ0) is 21.2. The second-order valence-corrected chi connectivity index (χ2v) is 8.58. The quantitative estimate of drug-likeness (QED) is 0.741. The lowest BCUT2D eigenvalue weighted by Crippen LogP contribution is -2.49. The Hall–Kier alpha value is -2.44. The van der Waals surface area contributed by atoms with Gasteiger partial charge in [-0.3, -0.25) is 14.5 Å². The predicted octanol–water partition coefficient (Wildman–Crippen LogP) is 3.27. The number of benzene rings is 1. The first-order valence-electron chi connectivity index (χ1n) is 10.4. The van der Waals surface area contributed by atoms with Gasteiger partial charge in [0.1, 0.15) is 17.9 Å². The van der Waals surface area contributed by atoms with Gasteiger partial charge in [0.15, 0.2) is 0 Å².